The summed E-state index contributed by atoms with van der Waals surface area (Å²) in [6.07, 6.45) is 6.47. The van der Waals surface area contributed by atoms with Crippen molar-refractivity contribution in [3.63, 3.8) is 0 Å². The lowest BCUT2D eigenvalue weighted by molar-refractivity contribution is -0.116. The molecule has 2 aromatic carbocycles. The minimum Gasteiger partial charge on any atom is -0.326 e. The molecule has 1 amide bonds. The quantitative estimate of drug-likeness (QED) is 0.620. The van der Waals surface area contributed by atoms with Crippen LogP contribution in [0.15, 0.2) is 40.9 Å². The third kappa shape index (κ3) is 5.16. The highest BCUT2D eigenvalue weighted by molar-refractivity contribution is 9.10. The van der Waals surface area contributed by atoms with Gasteiger partial charge < -0.3 is 5.32 Å². The molecule has 0 fully saturated rings. The monoisotopic (exact) mass is 347 g/mol. The Morgan fingerprint density at radius 2 is 1.71 bits per heavy atom. The lowest BCUT2D eigenvalue weighted by atomic mass is 10.1. The molecule has 0 saturated heterocycles. The van der Waals surface area contributed by atoms with Gasteiger partial charge in [0.05, 0.1) is 0 Å². The van der Waals surface area contributed by atoms with E-state index in [2.05, 4.69) is 40.3 Å². The Balaban J connectivity index is 1.87. The molecule has 0 heterocycles. The number of anilines is 1. The highest BCUT2D eigenvalue weighted by Gasteiger charge is 2.03. The fraction of sp³-hybridized carbons (Fsp3) is 0.389. The number of benzene rings is 2. The Kier molecular flexibility index (Phi) is 6.24. The first-order valence-corrected chi connectivity index (χ1v) is 8.47. The van der Waals surface area contributed by atoms with Crippen LogP contribution in [0.2, 0.25) is 0 Å². The predicted octanol–water partition coefficient (Wildman–Crippen LogP) is 5.90. The summed E-state index contributed by atoms with van der Waals surface area (Å²) in [4.78, 5) is 11.9. The van der Waals surface area contributed by atoms with Crippen molar-refractivity contribution in [2.75, 3.05) is 5.32 Å². The second-order valence-corrected chi connectivity index (χ2v) is 6.33. The van der Waals surface area contributed by atoms with Crippen molar-refractivity contribution in [1.29, 1.82) is 0 Å². The molecule has 0 bridgehead atoms. The molecule has 0 spiro atoms. The molecule has 0 saturated carbocycles. The fourth-order valence-corrected chi connectivity index (χ4v) is 2.79. The van der Waals surface area contributed by atoms with Crippen LogP contribution in [0.3, 0.4) is 0 Å². The average molecular weight is 348 g/mol. The fourth-order valence-electron chi connectivity index (χ4n) is 2.41. The van der Waals surface area contributed by atoms with Crippen molar-refractivity contribution in [3.05, 3.63) is 40.9 Å². The molecule has 0 unspecified atom stereocenters. The molecule has 0 atom stereocenters. The number of fused-ring (bicyclic) bond motifs is 1. The Labute approximate surface area is 135 Å². The molecule has 2 aromatic rings. The van der Waals surface area contributed by atoms with E-state index in [1.54, 1.807) is 0 Å². The van der Waals surface area contributed by atoms with Gasteiger partial charge >= 0.3 is 0 Å². The van der Waals surface area contributed by atoms with Crippen molar-refractivity contribution < 1.29 is 4.79 Å². The minimum absolute atomic E-state index is 0.114. The van der Waals surface area contributed by atoms with Crippen molar-refractivity contribution in [3.8, 4) is 0 Å². The number of carbonyl (C=O) groups excluding carboxylic acids is 1. The van der Waals surface area contributed by atoms with Gasteiger partial charge in [0.25, 0.3) is 0 Å². The first-order chi connectivity index (χ1) is 10.2. The van der Waals surface area contributed by atoms with E-state index in [-0.39, 0.29) is 5.91 Å². The van der Waals surface area contributed by atoms with E-state index in [0.29, 0.717) is 6.42 Å². The number of hydrogen-bond acceptors (Lipinski definition) is 1. The van der Waals surface area contributed by atoms with Crippen LogP contribution in [0.4, 0.5) is 5.69 Å². The van der Waals surface area contributed by atoms with E-state index in [4.69, 9.17) is 0 Å². The van der Waals surface area contributed by atoms with Crippen LogP contribution in [0, 0.1) is 0 Å². The molecule has 2 rings (SSSR count). The van der Waals surface area contributed by atoms with Crippen molar-refractivity contribution in [1.82, 2.24) is 0 Å². The van der Waals surface area contributed by atoms with Crippen LogP contribution in [0.5, 0.6) is 0 Å². The number of hydrogen-bond donors (Lipinski definition) is 1. The molecule has 1 N–H and O–H groups in total. The summed E-state index contributed by atoms with van der Waals surface area (Å²) in [7, 11) is 0. The van der Waals surface area contributed by atoms with E-state index >= 15 is 0 Å². The zero-order chi connectivity index (χ0) is 15.1. The number of amides is 1. The molecular formula is C18H22BrNO. The molecule has 0 aromatic heterocycles. The van der Waals surface area contributed by atoms with Gasteiger partial charge in [0, 0.05) is 16.6 Å². The highest BCUT2D eigenvalue weighted by atomic mass is 79.9. The van der Waals surface area contributed by atoms with Gasteiger partial charge in [-0.1, -0.05) is 60.7 Å². The van der Waals surface area contributed by atoms with E-state index in [1.807, 2.05) is 24.3 Å². The average Bonchev–Trinajstić information content (AvgIpc) is 2.47. The molecule has 112 valence electrons. The molecule has 0 radical (unpaired) electrons. The van der Waals surface area contributed by atoms with Gasteiger partial charge in [-0.15, -0.1) is 0 Å². The summed E-state index contributed by atoms with van der Waals surface area (Å²) in [5.74, 6) is 0.114. The molecule has 0 aliphatic heterocycles. The second kappa shape index (κ2) is 8.18. The van der Waals surface area contributed by atoms with Crippen LogP contribution in [0.1, 0.15) is 45.4 Å². The van der Waals surface area contributed by atoms with Gasteiger partial charge in [-0.05, 0) is 41.5 Å². The van der Waals surface area contributed by atoms with Gasteiger partial charge in [-0.3, -0.25) is 4.79 Å². The largest absolute Gasteiger partial charge is 0.326 e. The second-order valence-electron chi connectivity index (χ2n) is 5.42. The van der Waals surface area contributed by atoms with Gasteiger partial charge in [0.15, 0.2) is 0 Å². The lowest BCUT2D eigenvalue weighted by Gasteiger charge is -2.07. The van der Waals surface area contributed by atoms with Crippen molar-refractivity contribution in [2.24, 2.45) is 0 Å². The summed E-state index contributed by atoms with van der Waals surface area (Å²) in [6, 6.07) is 12.2. The molecular weight excluding hydrogens is 326 g/mol. The lowest BCUT2D eigenvalue weighted by Crippen LogP contribution is -2.10. The summed E-state index contributed by atoms with van der Waals surface area (Å²) in [6.45, 7) is 2.20. The van der Waals surface area contributed by atoms with Gasteiger partial charge in [-0.25, -0.2) is 0 Å². The maximum atomic E-state index is 11.9. The van der Waals surface area contributed by atoms with Crippen LogP contribution < -0.4 is 5.32 Å². The minimum atomic E-state index is 0.114. The normalized spacial score (nSPS) is 10.8. The van der Waals surface area contributed by atoms with Gasteiger partial charge in [-0.2, -0.15) is 0 Å². The molecule has 2 nitrogen and oxygen atoms in total. The number of carbonyl (C=O) groups is 1. The maximum absolute atomic E-state index is 11.9. The third-order valence-electron chi connectivity index (χ3n) is 3.59. The van der Waals surface area contributed by atoms with E-state index in [1.165, 1.54) is 24.6 Å². The first-order valence-electron chi connectivity index (χ1n) is 7.68. The summed E-state index contributed by atoms with van der Waals surface area (Å²) < 4.78 is 1.07. The molecule has 3 heteroatoms. The number of rotatable bonds is 7. The van der Waals surface area contributed by atoms with Crippen LogP contribution in [0.25, 0.3) is 10.8 Å². The predicted molar refractivity (Wildman–Crippen MR) is 93.7 cm³/mol. The third-order valence-corrected chi connectivity index (χ3v) is 4.09. The Morgan fingerprint density at radius 1 is 1.00 bits per heavy atom. The summed E-state index contributed by atoms with van der Waals surface area (Å²) >= 11 is 3.47. The van der Waals surface area contributed by atoms with E-state index < -0.39 is 0 Å². The highest BCUT2D eigenvalue weighted by Crippen LogP contribution is 2.23. The summed E-state index contributed by atoms with van der Waals surface area (Å²) in [5.41, 5.74) is 0.878. The van der Waals surface area contributed by atoms with Crippen LogP contribution >= 0.6 is 15.9 Å². The van der Waals surface area contributed by atoms with E-state index in [9.17, 15) is 4.79 Å². The van der Waals surface area contributed by atoms with Crippen LogP contribution in [-0.4, -0.2) is 5.91 Å². The van der Waals surface area contributed by atoms with Crippen LogP contribution in [-0.2, 0) is 4.79 Å². The number of halogens is 1. The Hall–Kier alpha value is -1.35. The Bertz CT molecular complexity index is 609. The van der Waals surface area contributed by atoms with E-state index in [0.717, 1.165) is 28.4 Å². The smallest absolute Gasteiger partial charge is 0.224 e. The Morgan fingerprint density at radius 3 is 2.52 bits per heavy atom. The topological polar surface area (TPSA) is 29.1 Å². The van der Waals surface area contributed by atoms with Gasteiger partial charge in [0.1, 0.15) is 0 Å². The van der Waals surface area contributed by atoms with Crippen molar-refractivity contribution in [2.45, 2.75) is 45.4 Å². The van der Waals surface area contributed by atoms with Crippen molar-refractivity contribution >= 4 is 38.3 Å². The SMILES string of the molecule is CCCCCCCC(=O)Nc1ccc2cc(Br)ccc2c1. The molecule has 0 aliphatic carbocycles. The maximum Gasteiger partial charge on any atom is 0.224 e. The zero-order valence-electron chi connectivity index (χ0n) is 12.5. The number of unbranched alkanes of at least 4 members (excludes halogenated alkanes) is 4. The number of nitrogens with one attached hydrogen (secondary N) is 1. The summed E-state index contributed by atoms with van der Waals surface area (Å²) in [5, 5.41) is 5.30. The molecule has 0 aliphatic rings. The zero-order valence-corrected chi connectivity index (χ0v) is 14.1. The standard InChI is InChI=1S/C18H22BrNO/c1-2-3-4-5-6-7-18(21)20-17-11-9-14-12-16(19)10-8-15(14)13-17/h8-13H,2-7H2,1H3,(H,20,21). The first kappa shape index (κ1) is 16.0. The van der Waals surface area contributed by atoms with Gasteiger partial charge in [0.2, 0.25) is 5.91 Å². The molecule has 21 heavy (non-hydrogen) atoms.